The number of nitrogens with one attached hydrogen (secondary N) is 1. The van der Waals surface area contributed by atoms with Crippen molar-refractivity contribution in [3.63, 3.8) is 0 Å². The first-order chi connectivity index (χ1) is 16.8. The summed E-state index contributed by atoms with van der Waals surface area (Å²) in [6, 6.07) is 17.4. The van der Waals surface area contributed by atoms with E-state index in [-0.39, 0.29) is 39.1 Å². The number of hydrogen-bond acceptors (Lipinski definition) is 5. The Balaban J connectivity index is 1.76. The number of halogens is 1. The maximum atomic E-state index is 13.6. The van der Waals surface area contributed by atoms with E-state index < -0.39 is 15.7 Å². The number of hydrogen-bond donors (Lipinski definition) is 1. The number of carbonyl (C=O) groups is 2. The van der Waals surface area contributed by atoms with E-state index in [1.54, 1.807) is 36.4 Å². The number of sulfone groups is 1. The van der Waals surface area contributed by atoms with Gasteiger partial charge in [-0.25, -0.2) is 8.42 Å². The molecule has 0 saturated heterocycles. The predicted octanol–water partition coefficient (Wildman–Crippen LogP) is 4.49. The second-order valence-electron chi connectivity index (χ2n) is 8.01. The third-order valence-corrected chi connectivity index (χ3v) is 7.77. The van der Waals surface area contributed by atoms with Crippen molar-refractivity contribution in [2.24, 2.45) is 0 Å². The highest BCUT2D eigenvalue weighted by atomic mass is 35.5. The Bertz CT molecular complexity index is 1360. The highest BCUT2D eigenvalue weighted by molar-refractivity contribution is 7.91. The fourth-order valence-corrected chi connectivity index (χ4v) is 5.66. The van der Waals surface area contributed by atoms with Crippen molar-refractivity contribution in [3.05, 3.63) is 88.4 Å². The number of amides is 2. The number of ether oxygens (including phenoxy) is 1. The van der Waals surface area contributed by atoms with Gasteiger partial charge in [-0.2, -0.15) is 0 Å². The Morgan fingerprint density at radius 2 is 1.77 bits per heavy atom. The molecule has 7 nitrogen and oxygen atoms in total. The predicted molar refractivity (Wildman–Crippen MR) is 134 cm³/mol. The first-order valence-corrected chi connectivity index (χ1v) is 13.1. The zero-order chi connectivity index (χ0) is 25.0. The summed E-state index contributed by atoms with van der Waals surface area (Å²) in [6.45, 7) is 3.55. The van der Waals surface area contributed by atoms with Crippen molar-refractivity contribution in [2.45, 2.75) is 29.7 Å². The van der Waals surface area contributed by atoms with E-state index in [0.29, 0.717) is 31.2 Å². The minimum absolute atomic E-state index is 0.0299. The molecule has 4 rings (SSSR count). The normalized spacial score (nSPS) is 14.1. The van der Waals surface area contributed by atoms with Crippen LogP contribution in [0.2, 0.25) is 5.02 Å². The van der Waals surface area contributed by atoms with Crippen LogP contribution >= 0.6 is 11.6 Å². The summed E-state index contributed by atoms with van der Waals surface area (Å²) in [5.41, 5.74) is 1.26. The van der Waals surface area contributed by atoms with E-state index in [9.17, 15) is 18.0 Å². The van der Waals surface area contributed by atoms with Crippen LogP contribution in [0.25, 0.3) is 0 Å². The zero-order valence-corrected chi connectivity index (χ0v) is 20.7. The van der Waals surface area contributed by atoms with Gasteiger partial charge in [-0.3, -0.25) is 9.59 Å². The molecule has 0 aliphatic carbocycles. The SMILES string of the molecule is CCOCCCNC(=O)c1ccc2c(c1)N(Cc1ccc(Cl)cc1)C(=O)c1ccccc1S2(=O)=O. The average Bonchev–Trinajstić information content (AvgIpc) is 2.93. The molecule has 0 bridgehead atoms. The molecule has 0 radical (unpaired) electrons. The summed E-state index contributed by atoms with van der Waals surface area (Å²) < 4.78 is 32.4. The molecule has 0 saturated carbocycles. The Kier molecular flexibility index (Phi) is 7.54. The number of nitrogens with zero attached hydrogens (tertiary/aromatic N) is 1. The van der Waals surface area contributed by atoms with Crippen LogP contribution in [-0.4, -0.2) is 40.0 Å². The molecule has 0 aromatic heterocycles. The summed E-state index contributed by atoms with van der Waals surface area (Å²) in [5.74, 6) is -0.825. The molecule has 3 aromatic rings. The lowest BCUT2D eigenvalue weighted by Gasteiger charge is -2.23. The van der Waals surface area contributed by atoms with Crippen LogP contribution in [0.15, 0.2) is 76.5 Å². The number of fused-ring (bicyclic) bond motifs is 2. The number of rotatable bonds is 8. The third-order valence-electron chi connectivity index (χ3n) is 5.66. The van der Waals surface area contributed by atoms with Crippen LogP contribution in [0.3, 0.4) is 0 Å². The molecule has 1 N–H and O–H groups in total. The Morgan fingerprint density at radius 1 is 1.03 bits per heavy atom. The zero-order valence-electron chi connectivity index (χ0n) is 19.2. The van der Waals surface area contributed by atoms with Crippen molar-refractivity contribution in [1.29, 1.82) is 0 Å². The number of benzene rings is 3. The molecule has 35 heavy (non-hydrogen) atoms. The van der Waals surface area contributed by atoms with Crippen molar-refractivity contribution in [3.8, 4) is 0 Å². The van der Waals surface area contributed by atoms with E-state index in [1.165, 1.54) is 35.2 Å². The lowest BCUT2D eigenvalue weighted by molar-refractivity contribution is 0.0941. The molecule has 1 aliphatic rings. The molecule has 3 aromatic carbocycles. The number of carbonyl (C=O) groups excluding carboxylic acids is 2. The smallest absolute Gasteiger partial charge is 0.259 e. The van der Waals surface area contributed by atoms with Crippen LogP contribution in [-0.2, 0) is 21.1 Å². The maximum absolute atomic E-state index is 13.6. The summed E-state index contributed by atoms with van der Waals surface area (Å²) >= 11 is 6.01. The Labute approximate surface area is 209 Å². The lowest BCUT2D eigenvalue weighted by Crippen LogP contribution is -2.31. The quantitative estimate of drug-likeness (QED) is 0.449. The second-order valence-corrected chi connectivity index (χ2v) is 10.3. The first-order valence-electron chi connectivity index (χ1n) is 11.2. The van der Waals surface area contributed by atoms with Crippen LogP contribution in [0.1, 0.15) is 39.6 Å². The molecular formula is C26H25ClN2O5S. The van der Waals surface area contributed by atoms with E-state index in [4.69, 9.17) is 16.3 Å². The standard InChI is InChI=1S/C26H25ClN2O5S/c1-2-34-15-5-14-28-25(30)19-10-13-24-22(16-19)29(17-18-8-11-20(27)12-9-18)26(31)21-6-3-4-7-23(21)35(24,32)33/h3-4,6-13,16H,2,5,14-15,17H2,1H3,(H,28,30). The lowest BCUT2D eigenvalue weighted by atomic mass is 10.1. The Hall–Kier alpha value is -3.20. The molecule has 1 heterocycles. The van der Waals surface area contributed by atoms with Crippen molar-refractivity contribution in [1.82, 2.24) is 5.32 Å². The third kappa shape index (κ3) is 5.24. The van der Waals surface area contributed by atoms with E-state index in [0.717, 1.165) is 5.56 Å². The van der Waals surface area contributed by atoms with Gasteiger partial charge in [0.15, 0.2) is 0 Å². The first kappa shape index (κ1) is 24.9. The van der Waals surface area contributed by atoms with Crippen molar-refractivity contribution >= 4 is 38.9 Å². The van der Waals surface area contributed by atoms with Gasteiger partial charge in [0.2, 0.25) is 9.84 Å². The van der Waals surface area contributed by atoms with Gasteiger partial charge in [-0.1, -0.05) is 35.9 Å². The van der Waals surface area contributed by atoms with Gasteiger partial charge in [0.1, 0.15) is 0 Å². The molecular weight excluding hydrogens is 488 g/mol. The van der Waals surface area contributed by atoms with Crippen LogP contribution in [0.4, 0.5) is 5.69 Å². The molecule has 2 amide bonds. The van der Waals surface area contributed by atoms with Gasteiger partial charge in [0.05, 0.1) is 27.6 Å². The van der Waals surface area contributed by atoms with Gasteiger partial charge >= 0.3 is 0 Å². The van der Waals surface area contributed by atoms with Crippen LogP contribution in [0, 0.1) is 0 Å². The largest absolute Gasteiger partial charge is 0.382 e. The van der Waals surface area contributed by atoms with Gasteiger partial charge in [0, 0.05) is 30.3 Å². The van der Waals surface area contributed by atoms with Gasteiger partial charge in [0.25, 0.3) is 11.8 Å². The minimum atomic E-state index is -4.00. The fraction of sp³-hybridized carbons (Fsp3) is 0.231. The molecule has 1 aliphatic heterocycles. The maximum Gasteiger partial charge on any atom is 0.259 e. The van der Waals surface area contributed by atoms with Gasteiger partial charge in [-0.05, 0) is 61.4 Å². The summed E-state index contributed by atoms with van der Waals surface area (Å²) in [4.78, 5) is 27.7. The Morgan fingerprint density at radius 3 is 2.51 bits per heavy atom. The molecule has 182 valence electrons. The van der Waals surface area contributed by atoms with Crippen molar-refractivity contribution < 1.29 is 22.7 Å². The van der Waals surface area contributed by atoms with E-state index >= 15 is 0 Å². The highest BCUT2D eigenvalue weighted by Crippen LogP contribution is 2.38. The van der Waals surface area contributed by atoms with Crippen LogP contribution in [0.5, 0.6) is 0 Å². The second kappa shape index (κ2) is 10.6. The molecule has 0 unspecified atom stereocenters. The fourth-order valence-electron chi connectivity index (χ4n) is 3.90. The summed E-state index contributed by atoms with van der Waals surface area (Å²) in [6.07, 6.45) is 0.648. The minimum Gasteiger partial charge on any atom is -0.382 e. The summed E-state index contributed by atoms with van der Waals surface area (Å²) in [7, 11) is -4.00. The molecule has 0 atom stereocenters. The van der Waals surface area contributed by atoms with E-state index in [1.807, 2.05) is 6.92 Å². The highest BCUT2D eigenvalue weighted by Gasteiger charge is 2.36. The van der Waals surface area contributed by atoms with Crippen LogP contribution < -0.4 is 10.2 Å². The molecule has 0 spiro atoms. The topological polar surface area (TPSA) is 92.8 Å². The monoisotopic (exact) mass is 512 g/mol. The summed E-state index contributed by atoms with van der Waals surface area (Å²) in [5, 5.41) is 3.36. The van der Waals surface area contributed by atoms with Gasteiger partial charge < -0.3 is 15.0 Å². The average molecular weight is 513 g/mol. The van der Waals surface area contributed by atoms with Gasteiger partial charge in [-0.15, -0.1) is 0 Å². The molecule has 0 fully saturated rings. The van der Waals surface area contributed by atoms with E-state index in [2.05, 4.69) is 5.32 Å². The molecule has 9 heteroatoms. The van der Waals surface area contributed by atoms with Crippen molar-refractivity contribution in [2.75, 3.05) is 24.7 Å². The number of anilines is 1.